The van der Waals surface area contributed by atoms with Gasteiger partial charge in [0.2, 0.25) is 6.42 Å². The molecule has 0 aromatic heterocycles. The summed E-state index contributed by atoms with van der Waals surface area (Å²) in [5.74, 6) is 0. The smallest absolute Gasteiger partial charge is 0.213 e. The van der Waals surface area contributed by atoms with Gasteiger partial charge in [-0.05, 0) is 55.0 Å². The molecule has 1 aliphatic carbocycles. The standard InChI is InChI=1S/C20H28N3OPS/c1-20(2)14-17-19(18(15-20)22-12-8-5-9-13-22)25(26,24-3)23(21-17)16-10-6-4-7-11-16/h4,6-7,10-11H,5,8-9,12-15H2,1-3H3/p+1/t25-/m1/s1. The summed E-state index contributed by atoms with van der Waals surface area (Å²) in [4.78, 5) is 1.62. The van der Waals surface area contributed by atoms with Gasteiger partial charge in [0.25, 0.3) is 0 Å². The van der Waals surface area contributed by atoms with Crippen molar-refractivity contribution in [3.05, 3.63) is 41.3 Å². The van der Waals surface area contributed by atoms with E-state index in [2.05, 4.69) is 26.0 Å². The minimum atomic E-state index is -2.37. The summed E-state index contributed by atoms with van der Waals surface area (Å²) in [6.07, 6.45) is 3.66. The van der Waals surface area contributed by atoms with E-state index in [-0.39, 0.29) is 5.41 Å². The van der Waals surface area contributed by atoms with Crippen LogP contribution in [0.4, 0.5) is 5.69 Å². The lowest BCUT2D eigenvalue weighted by Crippen LogP contribution is -3.11. The van der Waals surface area contributed by atoms with Crippen LogP contribution in [0.15, 0.2) is 46.4 Å². The third kappa shape index (κ3) is 3.09. The fourth-order valence-electron chi connectivity index (χ4n) is 4.53. The molecule has 0 unspecified atom stereocenters. The fraction of sp³-hybridized carbons (Fsp3) is 0.550. The topological polar surface area (TPSA) is 29.3 Å². The van der Waals surface area contributed by atoms with Crippen molar-refractivity contribution in [2.24, 2.45) is 10.5 Å². The second-order valence-corrected chi connectivity index (χ2v) is 12.1. The molecule has 0 amide bonds. The number of benzene rings is 1. The molecule has 4 nitrogen and oxygen atoms in total. The maximum atomic E-state index is 6.22. The lowest BCUT2D eigenvalue weighted by molar-refractivity contribution is -0.868. The number of fused-ring (bicyclic) bond motifs is 1. The molecular formula is C20H29N3OPS+. The number of rotatable bonds is 3. The van der Waals surface area contributed by atoms with Crippen molar-refractivity contribution in [3.8, 4) is 0 Å². The molecular weight excluding hydrogens is 361 g/mol. The summed E-state index contributed by atoms with van der Waals surface area (Å²) in [7, 11) is 1.77. The molecule has 26 heavy (non-hydrogen) atoms. The fourth-order valence-corrected chi connectivity index (χ4v) is 7.79. The van der Waals surface area contributed by atoms with Crippen LogP contribution in [0.1, 0.15) is 46.0 Å². The maximum absolute atomic E-state index is 6.22. The van der Waals surface area contributed by atoms with Crippen LogP contribution in [0.2, 0.25) is 0 Å². The highest BCUT2D eigenvalue weighted by Crippen LogP contribution is 2.66. The number of piperidine rings is 1. The highest BCUT2D eigenvalue weighted by Gasteiger charge is 2.49. The molecule has 0 saturated carbocycles. The maximum Gasteiger partial charge on any atom is 0.213 e. The summed E-state index contributed by atoms with van der Waals surface area (Å²) in [6.45, 7) is 7.15. The Labute approximate surface area is 162 Å². The Kier molecular flexibility index (Phi) is 4.85. The highest BCUT2D eigenvalue weighted by atomic mass is 32.4. The van der Waals surface area contributed by atoms with Gasteiger partial charge in [-0.1, -0.05) is 32.0 Å². The minimum absolute atomic E-state index is 0.225. The lowest BCUT2D eigenvalue weighted by Gasteiger charge is -2.37. The highest BCUT2D eigenvalue weighted by molar-refractivity contribution is 8.15. The molecule has 1 N–H and O–H groups in total. The quantitative estimate of drug-likeness (QED) is 0.794. The van der Waals surface area contributed by atoms with Crippen LogP contribution in [-0.4, -0.2) is 25.9 Å². The van der Waals surface area contributed by atoms with Gasteiger partial charge in [0.05, 0.1) is 24.5 Å². The Hall–Kier alpha value is -1.00. The SMILES string of the molecule is CO[P@@]1(=S)C2=C([NH+]3CCCCC3)CC(C)(C)CC2=NN1c1ccccc1. The van der Waals surface area contributed by atoms with E-state index in [1.54, 1.807) is 12.0 Å². The number of hydrazone groups is 1. The molecule has 1 fully saturated rings. The second-order valence-electron chi connectivity index (χ2n) is 8.38. The first-order valence-electron chi connectivity index (χ1n) is 9.63. The predicted molar refractivity (Wildman–Crippen MR) is 112 cm³/mol. The number of allylic oxidation sites excluding steroid dienone is 2. The molecule has 2 aliphatic heterocycles. The Balaban J connectivity index is 1.86. The molecule has 4 rings (SSSR count). The Bertz CT molecular complexity index is 797. The van der Waals surface area contributed by atoms with Crippen LogP contribution in [0, 0.1) is 5.41 Å². The summed E-state index contributed by atoms with van der Waals surface area (Å²) in [5, 5.41) is 6.32. The van der Waals surface area contributed by atoms with Crippen LogP contribution in [0.3, 0.4) is 0 Å². The first kappa shape index (κ1) is 18.4. The molecule has 6 heteroatoms. The van der Waals surface area contributed by atoms with Gasteiger partial charge in [0.15, 0.2) is 0 Å². The Morgan fingerprint density at radius 1 is 1.12 bits per heavy atom. The van der Waals surface area contributed by atoms with E-state index in [1.165, 1.54) is 49.1 Å². The van der Waals surface area contributed by atoms with Gasteiger partial charge in [0.1, 0.15) is 11.0 Å². The molecule has 1 aromatic carbocycles. The number of nitrogens with one attached hydrogen (secondary N) is 1. The van der Waals surface area contributed by atoms with Gasteiger partial charge in [-0.15, -0.1) is 0 Å². The zero-order valence-electron chi connectivity index (χ0n) is 16.0. The normalized spacial score (nSPS) is 28.9. The van der Waals surface area contributed by atoms with Gasteiger partial charge in [-0.25, -0.2) is 4.78 Å². The van der Waals surface area contributed by atoms with Crippen LogP contribution >= 0.6 is 6.42 Å². The molecule has 0 spiro atoms. The average molecular weight is 391 g/mol. The van der Waals surface area contributed by atoms with E-state index in [0.717, 1.165) is 18.5 Å². The summed E-state index contributed by atoms with van der Waals surface area (Å²) < 4.78 is 8.12. The van der Waals surface area contributed by atoms with Gasteiger partial charge in [-0.3, -0.25) is 0 Å². The summed E-state index contributed by atoms with van der Waals surface area (Å²) in [5.41, 5.74) is 3.92. The zero-order chi connectivity index (χ0) is 18.4. The van der Waals surface area contributed by atoms with Crippen molar-refractivity contribution in [1.29, 1.82) is 0 Å². The van der Waals surface area contributed by atoms with Crippen LogP contribution in [0.25, 0.3) is 0 Å². The van der Waals surface area contributed by atoms with E-state index < -0.39 is 6.42 Å². The second kappa shape index (κ2) is 6.87. The third-order valence-corrected chi connectivity index (χ3v) is 9.59. The molecule has 140 valence electrons. The first-order chi connectivity index (χ1) is 12.4. The van der Waals surface area contributed by atoms with Crippen LogP contribution in [0.5, 0.6) is 0 Å². The third-order valence-electron chi connectivity index (χ3n) is 5.73. The van der Waals surface area contributed by atoms with Crippen LogP contribution in [-0.2, 0) is 16.3 Å². The predicted octanol–water partition coefficient (Wildman–Crippen LogP) is 3.92. The van der Waals surface area contributed by atoms with Crippen molar-refractivity contribution in [2.75, 3.05) is 25.0 Å². The molecule has 2 heterocycles. The largest absolute Gasteiger partial charge is 0.333 e. The van der Waals surface area contributed by atoms with E-state index in [4.69, 9.17) is 21.4 Å². The van der Waals surface area contributed by atoms with Crippen LogP contribution < -0.4 is 9.68 Å². The van der Waals surface area contributed by atoms with Gasteiger partial charge >= 0.3 is 0 Å². The van der Waals surface area contributed by atoms with Crippen molar-refractivity contribution in [3.63, 3.8) is 0 Å². The van der Waals surface area contributed by atoms with E-state index in [1.807, 2.05) is 23.0 Å². The number of likely N-dealkylation sites (tertiary alicyclic amines) is 1. The average Bonchev–Trinajstić information content (AvgIpc) is 2.94. The Morgan fingerprint density at radius 2 is 1.81 bits per heavy atom. The molecule has 0 radical (unpaired) electrons. The molecule has 1 saturated heterocycles. The number of anilines is 1. The van der Waals surface area contributed by atoms with Crippen molar-refractivity contribution >= 4 is 29.6 Å². The summed E-state index contributed by atoms with van der Waals surface area (Å²) in [6, 6.07) is 10.3. The van der Waals surface area contributed by atoms with Gasteiger partial charge in [0, 0.05) is 13.5 Å². The number of quaternary nitrogens is 1. The monoisotopic (exact) mass is 390 g/mol. The molecule has 1 atom stereocenters. The van der Waals surface area contributed by atoms with Gasteiger partial charge < -0.3 is 9.42 Å². The van der Waals surface area contributed by atoms with E-state index in [0.29, 0.717) is 0 Å². The molecule has 0 bridgehead atoms. The summed E-state index contributed by atoms with van der Waals surface area (Å²) >= 11 is 6.22. The van der Waals surface area contributed by atoms with Crippen molar-refractivity contribution < 1.29 is 9.42 Å². The van der Waals surface area contributed by atoms with E-state index >= 15 is 0 Å². The Morgan fingerprint density at radius 3 is 2.46 bits per heavy atom. The number of hydrogen-bond acceptors (Lipinski definition) is 3. The molecule has 1 aromatic rings. The van der Waals surface area contributed by atoms with Crippen molar-refractivity contribution in [1.82, 2.24) is 0 Å². The number of hydrogen-bond donors (Lipinski definition) is 1. The lowest BCUT2D eigenvalue weighted by atomic mass is 9.78. The zero-order valence-corrected chi connectivity index (χ0v) is 17.7. The van der Waals surface area contributed by atoms with Gasteiger partial charge in [-0.2, -0.15) is 5.10 Å². The molecule has 3 aliphatic rings. The first-order valence-corrected chi connectivity index (χ1v) is 12.3. The number of nitrogens with zero attached hydrogens (tertiary/aromatic N) is 2. The van der Waals surface area contributed by atoms with E-state index in [9.17, 15) is 0 Å². The minimum Gasteiger partial charge on any atom is -0.333 e. The number of para-hydroxylation sites is 1. The van der Waals surface area contributed by atoms with Crippen molar-refractivity contribution in [2.45, 2.75) is 46.0 Å².